The minimum absolute atomic E-state index is 0.0799. The summed E-state index contributed by atoms with van der Waals surface area (Å²) in [6.45, 7) is 6.21. The Labute approximate surface area is 141 Å². The summed E-state index contributed by atoms with van der Waals surface area (Å²) in [5, 5.41) is 0. The predicted octanol–water partition coefficient (Wildman–Crippen LogP) is 2.72. The number of carbonyl (C=O) groups excluding carboxylic acids is 1. The lowest BCUT2D eigenvalue weighted by molar-refractivity contribution is 0.0594. The zero-order valence-electron chi connectivity index (χ0n) is 14.2. The Hall–Kier alpha value is -2.36. The van der Waals surface area contributed by atoms with Gasteiger partial charge in [0, 0.05) is 42.9 Å². The maximum atomic E-state index is 13.0. The number of hydrogen-bond donors (Lipinski definition) is 0. The predicted molar refractivity (Wildman–Crippen MR) is 93.4 cm³/mol. The van der Waals surface area contributed by atoms with Gasteiger partial charge in [0.15, 0.2) is 0 Å². The molecule has 0 spiro atoms. The average molecular weight is 322 g/mol. The van der Waals surface area contributed by atoms with Gasteiger partial charge in [0.2, 0.25) is 0 Å². The molecule has 0 saturated carbocycles. The molecule has 0 radical (unpaired) electrons. The van der Waals surface area contributed by atoms with Gasteiger partial charge in [0.25, 0.3) is 11.5 Å². The number of amides is 1. The van der Waals surface area contributed by atoms with Crippen molar-refractivity contribution in [3.63, 3.8) is 0 Å². The molecule has 0 aliphatic carbocycles. The molecule has 2 aliphatic heterocycles. The van der Waals surface area contributed by atoms with Crippen LogP contribution in [0.3, 0.4) is 0 Å². The van der Waals surface area contributed by atoms with Crippen molar-refractivity contribution in [2.45, 2.75) is 32.7 Å². The van der Waals surface area contributed by atoms with Crippen LogP contribution in [0.2, 0.25) is 0 Å². The normalized spacial score (nSPS) is 22.2. The van der Waals surface area contributed by atoms with E-state index in [0.29, 0.717) is 12.5 Å². The summed E-state index contributed by atoms with van der Waals surface area (Å²) in [5.41, 5.74) is 4.17. The van der Waals surface area contributed by atoms with Gasteiger partial charge >= 0.3 is 0 Å². The van der Waals surface area contributed by atoms with E-state index in [2.05, 4.69) is 6.07 Å². The standard InChI is InChI=1S/C20H22N2O2/c1-13-6-14(2)8-16(7-13)20(24)21-10-15-9-17(12-21)18-4-3-5-19(23)22(18)11-15/h3-8,15,17H,9-12H2,1-2H3. The molecule has 3 heterocycles. The Morgan fingerprint density at radius 1 is 1.04 bits per heavy atom. The number of pyridine rings is 1. The summed E-state index contributed by atoms with van der Waals surface area (Å²) in [6, 6.07) is 11.5. The average Bonchev–Trinajstić information content (AvgIpc) is 2.54. The van der Waals surface area contributed by atoms with Crippen LogP contribution in [0, 0.1) is 19.8 Å². The third-order valence-electron chi connectivity index (χ3n) is 5.24. The molecule has 2 aliphatic rings. The molecule has 4 rings (SSSR count). The largest absolute Gasteiger partial charge is 0.338 e. The summed E-state index contributed by atoms with van der Waals surface area (Å²) >= 11 is 0. The molecule has 4 nitrogen and oxygen atoms in total. The van der Waals surface area contributed by atoms with Crippen LogP contribution in [-0.4, -0.2) is 28.5 Å². The quantitative estimate of drug-likeness (QED) is 0.810. The number of carbonyl (C=O) groups is 1. The van der Waals surface area contributed by atoms with Gasteiger partial charge in [-0.1, -0.05) is 23.3 Å². The maximum Gasteiger partial charge on any atom is 0.253 e. The van der Waals surface area contributed by atoms with Crippen molar-refractivity contribution in [1.82, 2.24) is 9.47 Å². The molecule has 1 saturated heterocycles. The van der Waals surface area contributed by atoms with Crippen LogP contribution in [0.5, 0.6) is 0 Å². The summed E-state index contributed by atoms with van der Waals surface area (Å²) < 4.78 is 1.90. The Kier molecular flexibility index (Phi) is 3.56. The number of aryl methyl sites for hydroxylation is 2. The second-order valence-electron chi connectivity index (χ2n) is 7.28. The third-order valence-corrected chi connectivity index (χ3v) is 5.24. The van der Waals surface area contributed by atoms with Crippen LogP contribution >= 0.6 is 0 Å². The number of likely N-dealkylation sites (tertiary alicyclic amines) is 1. The molecule has 2 aromatic rings. The SMILES string of the molecule is Cc1cc(C)cc(C(=O)N2CC3CC(C2)c2cccc(=O)n2C3)c1. The zero-order chi connectivity index (χ0) is 16.8. The van der Waals surface area contributed by atoms with Crippen LogP contribution in [0.15, 0.2) is 41.2 Å². The van der Waals surface area contributed by atoms with Gasteiger partial charge in [0.05, 0.1) is 0 Å². The molecule has 0 N–H and O–H groups in total. The number of fused-ring (bicyclic) bond motifs is 4. The highest BCUT2D eigenvalue weighted by Gasteiger charge is 2.36. The summed E-state index contributed by atoms with van der Waals surface area (Å²) in [7, 11) is 0. The molecule has 2 bridgehead atoms. The van der Waals surface area contributed by atoms with Gasteiger partial charge in [-0.15, -0.1) is 0 Å². The van der Waals surface area contributed by atoms with E-state index in [1.165, 1.54) is 0 Å². The molecule has 2 atom stereocenters. The van der Waals surface area contributed by atoms with E-state index in [4.69, 9.17) is 0 Å². The molecule has 1 amide bonds. The van der Waals surface area contributed by atoms with Crippen LogP contribution < -0.4 is 5.56 Å². The smallest absolute Gasteiger partial charge is 0.253 e. The van der Waals surface area contributed by atoms with Gasteiger partial charge in [-0.05, 0) is 44.4 Å². The highest BCUT2D eigenvalue weighted by molar-refractivity contribution is 5.94. The van der Waals surface area contributed by atoms with E-state index in [1.54, 1.807) is 6.07 Å². The lowest BCUT2D eigenvalue weighted by Gasteiger charge is -2.42. The fourth-order valence-corrected chi connectivity index (χ4v) is 4.34. The van der Waals surface area contributed by atoms with Crippen molar-refractivity contribution < 1.29 is 4.79 Å². The van der Waals surface area contributed by atoms with E-state index >= 15 is 0 Å². The van der Waals surface area contributed by atoms with Crippen molar-refractivity contribution in [1.29, 1.82) is 0 Å². The number of rotatable bonds is 1. The van der Waals surface area contributed by atoms with Gasteiger partial charge in [-0.2, -0.15) is 0 Å². The Morgan fingerprint density at radius 3 is 2.54 bits per heavy atom. The fourth-order valence-electron chi connectivity index (χ4n) is 4.34. The van der Waals surface area contributed by atoms with E-state index < -0.39 is 0 Å². The number of piperidine rings is 1. The van der Waals surface area contributed by atoms with Gasteiger partial charge in [-0.3, -0.25) is 9.59 Å². The molecule has 1 fully saturated rings. The molecule has 4 heteroatoms. The summed E-state index contributed by atoms with van der Waals surface area (Å²) in [5.74, 6) is 0.746. The molecule has 2 unspecified atom stereocenters. The topological polar surface area (TPSA) is 42.3 Å². The molecule has 124 valence electrons. The third kappa shape index (κ3) is 2.56. The lowest BCUT2D eigenvalue weighted by atomic mass is 9.83. The minimum Gasteiger partial charge on any atom is -0.338 e. The number of nitrogens with zero attached hydrogens (tertiary/aromatic N) is 2. The van der Waals surface area contributed by atoms with Crippen LogP contribution in [0.25, 0.3) is 0 Å². The van der Waals surface area contributed by atoms with E-state index in [0.717, 1.165) is 41.9 Å². The fraction of sp³-hybridized carbons (Fsp3) is 0.400. The molecular weight excluding hydrogens is 300 g/mol. The Morgan fingerprint density at radius 2 is 1.79 bits per heavy atom. The highest BCUT2D eigenvalue weighted by atomic mass is 16.2. The molecule has 24 heavy (non-hydrogen) atoms. The summed E-state index contributed by atoms with van der Waals surface area (Å²) in [4.78, 5) is 27.0. The summed E-state index contributed by atoms with van der Waals surface area (Å²) in [6.07, 6.45) is 1.07. The second kappa shape index (κ2) is 5.62. The van der Waals surface area contributed by atoms with Crippen molar-refractivity contribution in [3.05, 3.63) is 69.1 Å². The minimum atomic E-state index is 0.0799. The monoisotopic (exact) mass is 322 g/mol. The van der Waals surface area contributed by atoms with Crippen molar-refractivity contribution in [3.8, 4) is 0 Å². The number of aromatic nitrogens is 1. The Balaban J connectivity index is 1.64. The van der Waals surface area contributed by atoms with Crippen molar-refractivity contribution in [2.24, 2.45) is 5.92 Å². The first-order chi connectivity index (χ1) is 11.5. The maximum absolute atomic E-state index is 13.0. The van der Waals surface area contributed by atoms with Crippen LogP contribution in [-0.2, 0) is 6.54 Å². The lowest BCUT2D eigenvalue weighted by Crippen LogP contribution is -2.49. The van der Waals surface area contributed by atoms with Crippen molar-refractivity contribution >= 4 is 5.91 Å². The first-order valence-corrected chi connectivity index (χ1v) is 8.58. The number of hydrogen-bond acceptors (Lipinski definition) is 2. The molecule has 1 aromatic heterocycles. The Bertz CT molecular complexity index is 848. The van der Waals surface area contributed by atoms with Crippen molar-refractivity contribution in [2.75, 3.05) is 13.1 Å². The van der Waals surface area contributed by atoms with Gasteiger partial charge < -0.3 is 9.47 Å². The van der Waals surface area contributed by atoms with Gasteiger partial charge in [-0.25, -0.2) is 0 Å². The van der Waals surface area contributed by atoms with E-state index in [1.807, 2.05) is 47.6 Å². The van der Waals surface area contributed by atoms with Crippen LogP contribution in [0.1, 0.15) is 39.5 Å². The number of benzene rings is 1. The molecule has 1 aromatic carbocycles. The van der Waals surface area contributed by atoms with Crippen LogP contribution in [0.4, 0.5) is 0 Å². The molecular formula is C20H22N2O2. The first-order valence-electron chi connectivity index (χ1n) is 8.58. The second-order valence-corrected chi connectivity index (χ2v) is 7.28. The highest BCUT2D eigenvalue weighted by Crippen LogP contribution is 2.35. The zero-order valence-corrected chi connectivity index (χ0v) is 14.2. The first kappa shape index (κ1) is 15.2. The van der Waals surface area contributed by atoms with E-state index in [-0.39, 0.29) is 17.4 Å². The van der Waals surface area contributed by atoms with Gasteiger partial charge in [0.1, 0.15) is 0 Å². The van der Waals surface area contributed by atoms with E-state index in [9.17, 15) is 9.59 Å².